The summed E-state index contributed by atoms with van der Waals surface area (Å²) in [6, 6.07) is 2.75. The van der Waals surface area contributed by atoms with Gasteiger partial charge in [-0.25, -0.2) is 8.78 Å². The Morgan fingerprint density at radius 2 is 1.96 bits per heavy atom. The van der Waals surface area contributed by atoms with Crippen LogP contribution in [-0.4, -0.2) is 66.3 Å². The van der Waals surface area contributed by atoms with E-state index < -0.39 is 23.6 Å². The Bertz CT molecular complexity index is 585. The topological polar surface area (TPSA) is 53.0 Å². The Balaban J connectivity index is 1.67. The predicted octanol–water partition coefficient (Wildman–Crippen LogP) is 1.89. The first-order chi connectivity index (χ1) is 11.6. The highest BCUT2D eigenvalue weighted by Gasteiger charge is 2.33. The summed E-state index contributed by atoms with van der Waals surface area (Å²) in [4.78, 5) is 15.8. The summed E-state index contributed by atoms with van der Waals surface area (Å²) < 4.78 is 32.1. The molecule has 1 aromatic carbocycles. The average molecular weight is 340 g/mol. The molecule has 132 valence electrons. The quantitative estimate of drug-likeness (QED) is 0.907. The molecule has 0 bridgehead atoms. The fourth-order valence-electron chi connectivity index (χ4n) is 3.56. The molecule has 2 aliphatic heterocycles. The zero-order valence-corrected chi connectivity index (χ0v) is 13.5. The standard InChI is InChI=1S/C17H22F2N2O3/c18-14-4-3-12(10-15(14)19)16(17(22)23)21-7-5-20(6-8-21)13-2-1-9-24-11-13/h3-4,10,13,16H,1-2,5-9,11H2,(H,22,23). The Kier molecular flexibility index (Phi) is 5.43. The van der Waals surface area contributed by atoms with E-state index in [0.717, 1.165) is 51.3 Å². The van der Waals surface area contributed by atoms with E-state index in [-0.39, 0.29) is 5.56 Å². The van der Waals surface area contributed by atoms with Crippen molar-refractivity contribution in [2.45, 2.75) is 24.9 Å². The largest absolute Gasteiger partial charge is 0.480 e. The zero-order valence-electron chi connectivity index (χ0n) is 13.5. The van der Waals surface area contributed by atoms with Gasteiger partial charge in [-0.15, -0.1) is 0 Å². The Morgan fingerprint density at radius 3 is 2.54 bits per heavy atom. The maximum absolute atomic E-state index is 13.5. The van der Waals surface area contributed by atoms with Crippen LogP contribution in [0.5, 0.6) is 0 Å². The molecule has 2 saturated heterocycles. The van der Waals surface area contributed by atoms with Gasteiger partial charge in [0.2, 0.25) is 0 Å². The summed E-state index contributed by atoms with van der Waals surface area (Å²) in [6.45, 7) is 4.20. The Morgan fingerprint density at radius 1 is 1.21 bits per heavy atom. The SMILES string of the molecule is O=C(O)C(c1ccc(F)c(F)c1)N1CCN(C2CCCOC2)CC1. The van der Waals surface area contributed by atoms with Gasteiger partial charge >= 0.3 is 5.97 Å². The number of hydrogen-bond donors (Lipinski definition) is 1. The van der Waals surface area contributed by atoms with Gasteiger partial charge in [0.25, 0.3) is 0 Å². The number of carboxylic acids is 1. The van der Waals surface area contributed by atoms with Crippen LogP contribution < -0.4 is 0 Å². The van der Waals surface area contributed by atoms with Crippen LogP contribution in [0.2, 0.25) is 0 Å². The van der Waals surface area contributed by atoms with E-state index in [1.165, 1.54) is 6.07 Å². The molecule has 0 spiro atoms. The van der Waals surface area contributed by atoms with Gasteiger partial charge in [-0.1, -0.05) is 6.07 Å². The Hall–Kier alpha value is -1.57. The molecule has 3 rings (SSSR count). The Labute approximate surface area is 139 Å². The van der Waals surface area contributed by atoms with Crippen molar-refractivity contribution in [1.82, 2.24) is 9.80 Å². The number of carboxylic acid groups (broad SMARTS) is 1. The molecule has 2 heterocycles. The fraction of sp³-hybridized carbons (Fsp3) is 0.588. The highest BCUT2D eigenvalue weighted by Crippen LogP contribution is 2.25. The molecule has 2 aliphatic rings. The average Bonchev–Trinajstić information content (AvgIpc) is 2.59. The molecule has 7 heteroatoms. The third-order valence-corrected chi connectivity index (χ3v) is 4.86. The molecule has 0 aliphatic carbocycles. The summed E-state index contributed by atoms with van der Waals surface area (Å²) in [5.74, 6) is -3.03. The van der Waals surface area contributed by atoms with Gasteiger partial charge in [0, 0.05) is 38.8 Å². The lowest BCUT2D eigenvalue weighted by molar-refractivity contribution is -0.144. The van der Waals surface area contributed by atoms with Crippen molar-refractivity contribution in [1.29, 1.82) is 0 Å². The van der Waals surface area contributed by atoms with Crippen molar-refractivity contribution in [3.8, 4) is 0 Å². The number of ether oxygens (including phenoxy) is 1. The van der Waals surface area contributed by atoms with Crippen molar-refractivity contribution in [3.63, 3.8) is 0 Å². The number of rotatable bonds is 4. The second kappa shape index (κ2) is 7.55. The highest BCUT2D eigenvalue weighted by molar-refractivity contribution is 5.75. The lowest BCUT2D eigenvalue weighted by atomic mass is 10.0. The highest BCUT2D eigenvalue weighted by atomic mass is 19.2. The minimum absolute atomic E-state index is 0.274. The van der Waals surface area contributed by atoms with Crippen LogP contribution in [0.3, 0.4) is 0 Å². The number of benzene rings is 1. The monoisotopic (exact) mass is 340 g/mol. The van der Waals surface area contributed by atoms with Gasteiger partial charge in [-0.05, 0) is 30.5 Å². The van der Waals surface area contributed by atoms with E-state index in [2.05, 4.69) is 4.90 Å². The van der Waals surface area contributed by atoms with Gasteiger partial charge in [-0.2, -0.15) is 0 Å². The third-order valence-electron chi connectivity index (χ3n) is 4.86. The van der Waals surface area contributed by atoms with Crippen LogP contribution in [0.4, 0.5) is 8.78 Å². The normalized spacial score (nSPS) is 24.7. The molecule has 2 unspecified atom stereocenters. The molecule has 24 heavy (non-hydrogen) atoms. The van der Waals surface area contributed by atoms with Crippen molar-refractivity contribution in [3.05, 3.63) is 35.4 Å². The van der Waals surface area contributed by atoms with Crippen LogP contribution in [0.25, 0.3) is 0 Å². The lowest BCUT2D eigenvalue weighted by Gasteiger charge is -2.42. The van der Waals surface area contributed by atoms with E-state index in [9.17, 15) is 18.7 Å². The number of piperazine rings is 1. The van der Waals surface area contributed by atoms with Gasteiger partial charge in [0.1, 0.15) is 6.04 Å². The predicted molar refractivity (Wildman–Crippen MR) is 83.7 cm³/mol. The van der Waals surface area contributed by atoms with Crippen molar-refractivity contribution in [2.24, 2.45) is 0 Å². The van der Waals surface area contributed by atoms with E-state index in [0.29, 0.717) is 19.1 Å². The van der Waals surface area contributed by atoms with E-state index >= 15 is 0 Å². The van der Waals surface area contributed by atoms with Gasteiger partial charge < -0.3 is 9.84 Å². The van der Waals surface area contributed by atoms with Crippen LogP contribution in [0.1, 0.15) is 24.4 Å². The van der Waals surface area contributed by atoms with E-state index in [1.807, 2.05) is 4.90 Å². The summed E-state index contributed by atoms with van der Waals surface area (Å²) >= 11 is 0. The van der Waals surface area contributed by atoms with Crippen molar-refractivity contribution in [2.75, 3.05) is 39.4 Å². The first-order valence-corrected chi connectivity index (χ1v) is 8.30. The zero-order chi connectivity index (χ0) is 17.1. The second-order valence-electron chi connectivity index (χ2n) is 6.36. The third kappa shape index (κ3) is 3.74. The minimum atomic E-state index is -1.05. The minimum Gasteiger partial charge on any atom is -0.480 e. The van der Waals surface area contributed by atoms with Crippen molar-refractivity contribution >= 4 is 5.97 Å². The first-order valence-electron chi connectivity index (χ1n) is 8.30. The smallest absolute Gasteiger partial charge is 0.325 e. The van der Waals surface area contributed by atoms with Gasteiger partial charge in [0.05, 0.1) is 6.61 Å². The first kappa shape index (κ1) is 17.3. The molecule has 0 saturated carbocycles. The fourth-order valence-corrected chi connectivity index (χ4v) is 3.56. The van der Waals surface area contributed by atoms with E-state index in [1.54, 1.807) is 0 Å². The molecule has 1 aromatic rings. The van der Waals surface area contributed by atoms with Crippen LogP contribution >= 0.6 is 0 Å². The molecule has 2 atom stereocenters. The molecular formula is C17H22F2N2O3. The number of hydrogen-bond acceptors (Lipinski definition) is 4. The summed E-state index contributed by atoms with van der Waals surface area (Å²) in [7, 11) is 0. The number of carbonyl (C=O) groups is 1. The van der Waals surface area contributed by atoms with Gasteiger partial charge in [-0.3, -0.25) is 14.6 Å². The van der Waals surface area contributed by atoms with Crippen LogP contribution in [-0.2, 0) is 9.53 Å². The molecular weight excluding hydrogens is 318 g/mol. The lowest BCUT2D eigenvalue weighted by Crippen LogP contribution is -2.53. The summed E-state index contributed by atoms with van der Waals surface area (Å²) in [6.07, 6.45) is 2.16. The van der Waals surface area contributed by atoms with Crippen molar-refractivity contribution < 1.29 is 23.4 Å². The molecule has 0 amide bonds. The van der Waals surface area contributed by atoms with Crippen LogP contribution in [0, 0.1) is 11.6 Å². The molecule has 0 aromatic heterocycles. The maximum atomic E-state index is 13.5. The van der Waals surface area contributed by atoms with Crippen LogP contribution in [0.15, 0.2) is 18.2 Å². The summed E-state index contributed by atoms with van der Waals surface area (Å²) in [5, 5.41) is 9.56. The van der Waals surface area contributed by atoms with Gasteiger partial charge in [0.15, 0.2) is 11.6 Å². The second-order valence-corrected chi connectivity index (χ2v) is 6.36. The maximum Gasteiger partial charge on any atom is 0.325 e. The van der Waals surface area contributed by atoms with E-state index in [4.69, 9.17) is 4.74 Å². The summed E-state index contributed by atoms with van der Waals surface area (Å²) in [5.41, 5.74) is 0.274. The number of aliphatic carboxylic acids is 1. The molecule has 5 nitrogen and oxygen atoms in total. The molecule has 2 fully saturated rings. The molecule has 0 radical (unpaired) electrons. The molecule has 1 N–H and O–H groups in total. The number of nitrogens with zero attached hydrogens (tertiary/aromatic N) is 2. The number of halogens is 2.